The molecule has 1 fully saturated rings. The molecular weight excluding hydrogens is 446 g/mol. The third kappa shape index (κ3) is 4.55. The molecule has 5 heterocycles. The fourth-order valence-corrected chi connectivity index (χ4v) is 4.12. The molecule has 1 atom stereocenters. The van der Waals surface area contributed by atoms with Gasteiger partial charge in [-0.2, -0.15) is 0 Å². The second-order valence-electron chi connectivity index (χ2n) is 9.76. The second kappa shape index (κ2) is 8.68. The molecule has 0 aromatic carbocycles. The van der Waals surface area contributed by atoms with Crippen molar-refractivity contribution < 1.29 is 14.3 Å². The Balaban J connectivity index is 1.38. The number of fused-ring (bicyclic) bond motifs is 1. The largest absolute Gasteiger partial charge is 0.469 e. The number of imidazole rings is 1. The lowest BCUT2D eigenvalue weighted by Gasteiger charge is -2.39. The lowest BCUT2D eigenvalue weighted by Crippen LogP contribution is -2.52. The van der Waals surface area contributed by atoms with E-state index in [9.17, 15) is 4.79 Å². The van der Waals surface area contributed by atoms with Gasteiger partial charge in [0.25, 0.3) is 0 Å². The quantitative estimate of drug-likeness (QED) is 0.426. The Morgan fingerprint density at radius 3 is 2.66 bits per heavy atom. The maximum atomic E-state index is 12.3. The number of likely N-dealkylation sites (tertiary alicyclic amines) is 1. The number of aromatic nitrogens is 6. The minimum atomic E-state index is -0.516. The molecule has 1 aliphatic rings. The number of ether oxygens (including phenoxy) is 2. The van der Waals surface area contributed by atoms with E-state index in [-0.39, 0.29) is 18.2 Å². The van der Waals surface area contributed by atoms with Crippen molar-refractivity contribution in [2.24, 2.45) is 0 Å². The zero-order valence-corrected chi connectivity index (χ0v) is 20.5. The number of hydrogen-bond acceptors (Lipinski definition) is 7. The Labute approximate surface area is 203 Å². The average Bonchev–Trinajstić information content (AvgIpc) is 3.39. The van der Waals surface area contributed by atoms with Crippen LogP contribution < -0.4 is 4.74 Å². The van der Waals surface area contributed by atoms with Gasteiger partial charge >= 0.3 is 6.09 Å². The first-order valence-electron chi connectivity index (χ1n) is 11.6. The first kappa shape index (κ1) is 22.8. The first-order chi connectivity index (χ1) is 16.7. The first-order valence-corrected chi connectivity index (χ1v) is 11.6. The van der Waals surface area contributed by atoms with Gasteiger partial charge in [-0.15, -0.1) is 5.10 Å². The summed E-state index contributed by atoms with van der Waals surface area (Å²) in [5.74, 6) is 0.641. The van der Waals surface area contributed by atoms with Crippen LogP contribution in [0.2, 0.25) is 0 Å². The maximum Gasteiger partial charge on any atom is 0.410 e. The van der Waals surface area contributed by atoms with Gasteiger partial charge in [0, 0.05) is 43.3 Å². The molecule has 0 aliphatic carbocycles. The van der Waals surface area contributed by atoms with E-state index in [1.54, 1.807) is 17.3 Å². The number of rotatable bonds is 5. The van der Waals surface area contributed by atoms with Crippen molar-refractivity contribution in [1.29, 1.82) is 0 Å². The topological polar surface area (TPSA) is 99.7 Å². The third-order valence-electron chi connectivity index (χ3n) is 5.93. The molecule has 10 nitrogen and oxygen atoms in total. The van der Waals surface area contributed by atoms with Crippen molar-refractivity contribution in [1.82, 2.24) is 34.3 Å². The summed E-state index contributed by atoms with van der Waals surface area (Å²) in [4.78, 5) is 22.8. The zero-order chi connectivity index (χ0) is 24.7. The minimum absolute atomic E-state index is 0.0545. The molecule has 0 spiro atoms. The predicted octanol–water partition coefficient (Wildman–Crippen LogP) is 4.23. The van der Waals surface area contributed by atoms with Crippen molar-refractivity contribution >= 4 is 11.7 Å². The lowest BCUT2D eigenvalue weighted by molar-refractivity contribution is -0.000882. The Hall–Kier alpha value is -3.95. The van der Waals surface area contributed by atoms with Crippen LogP contribution in [0.1, 0.15) is 51.2 Å². The number of pyridine rings is 2. The summed E-state index contributed by atoms with van der Waals surface area (Å²) >= 11 is 0. The van der Waals surface area contributed by atoms with Crippen molar-refractivity contribution in [2.75, 3.05) is 13.1 Å². The van der Waals surface area contributed by atoms with E-state index in [2.05, 4.69) is 20.3 Å². The van der Waals surface area contributed by atoms with Crippen LogP contribution in [0.15, 0.2) is 48.9 Å². The Bertz CT molecular complexity index is 1350. The minimum Gasteiger partial charge on any atom is -0.469 e. The standard InChI is InChI=1S/C25H29N7O3/c1-16-23(28-29-32(16)19-14-30(15-19)24(33)35-25(3,4)5)18-12-21-27-10-11-31(21)22(13-18)34-17(2)20-8-6-7-9-26-20/h6-13,17,19H,14-15H2,1-5H3/t17-/m1/s1. The number of carbonyl (C=O) groups is 1. The molecule has 0 N–H and O–H groups in total. The smallest absolute Gasteiger partial charge is 0.410 e. The van der Waals surface area contributed by atoms with Crippen LogP contribution in [0.4, 0.5) is 4.79 Å². The number of hydrogen-bond donors (Lipinski definition) is 0. The van der Waals surface area contributed by atoms with Crippen LogP contribution in [0.25, 0.3) is 16.9 Å². The fraction of sp³-hybridized carbons (Fsp3) is 0.400. The number of nitrogens with zero attached hydrogens (tertiary/aromatic N) is 7. The third-order valence-corrected chi connectivity index (χ3v) is 5.93. The fourth-order valence-electron chi connectivity index (χ4n) is 4.12. The van der Waals surface area contributed by atoms with Crippen molar-refractivity contribution in [3.63, 3.8) is 0 Å². The summed E-state index contributed by atoms with van der Waals surface area (Å²) in [6.45, 7) is 10.6. The van der Waals surface area contributed by atoms with Gasteiger partial charge in [0.05, 0.1) is 17.4 Å². The molecule has 35 heavy (non-hydrogen) atoms. The van der Waals surface area contributed by atoms with Gasteiger partial charge in [-0.1, -0.05) is 11.3 Å². The van der Waals surface area contributed by atoms with Gasteiger partial charge in [-0.3, -0.25) is 9.38 Å². The maximum absolute atomic E-state index is 12.3. The van der Waals surface area contributed by atoms with Gasteiger partial charge in [-0.05, 0) is 52.8 Å². The van der Waals surface area contributed by atoms with Gasteiger partial charge in [-0.25, -0.2) is 14.5 Å². The highest BCUT2D eigenvalue weighted by molar-refractivity contribution is 5.70. The van der Waals surface area contributed by atoms with Crippen LogP contribution in [0, 0.1) is 6.92 Å². The Morgan fingerprint density at radius 1 is 1.14 bits per heavy atom. The Morgan fingerprint density at radius 2 is 1.94 bits per heavy atom. The molecule has 182 valence electrons. The normalized spacial score (nSPS) is 15.2. The predicted molar refractivity (Wildman–Crippen MR) is 129 cm³/mol. The average molecular weight is 476 g/mol. The van der Waals surface area contributed by atoms with Crippen molar-refractivity contribution in [3.8, 4) is 17.1 Å². The summed E-state index contributed by atoms with van der Waals surface area (Å²) in [6, 6.07) is 9.73. The van der Waals surface area contributed by atoms with E-state index < -0.39 is 5.60 Å². The van der Waals surface area contributed by atoms with Crippen LogP contribution in [-0.4, -0.2) is 59.0 Å². The molecule has 4 aromatic rings. The molecule has 0 unspecified atom stereocenters. The highest BCUT2D eigenvalue weighted by atomic mass is 16.6. The van der Waals surface area contributed by atoms with E-state index >= 15 is 0 Å². The number of amides is 1. The summed E-state index contributed by atoms with van der Waals surface area (Å²) in [7, 11) is 0. The highest BCUT2D eigenvalue weighted by Crippen LogP contribution is 2.32. The molecule has 5 rings (SSSR count). The second-order valence-corrected chi connectivity index (χ2v) is 9.76. The van der Waals surface area contributed by atoms with Crippen molar-refractivity contribution in [2.45, 2.75) is 52.4 Å². The SMILES string of the molecule is Cc1c(-c2cc(O[C@H](C)c3ccccn3)n3ccnc3c2)nnn1C1CN(C(=O)OC(C)(C)C)C1. The Kier molecular flexibility index (Phi) is 5.66. The molecule has 10 heteroatoms. The zero-order valence-electron chi connectivity index (χ0n) is 20.5. The van der Waals surface area contributed by atoms with Crippen LogP contribution >= 0.6 is 0 Å². The number of carbonyl (C=O) groups excluding carboxylic acids is 1. The van der Waals surface area contributed by atoms with Crippen molar-refractivity contribution in [3.05, 3.63) is 60.3 Å². The molecule has 1 saturated heterocycles. The monoisotopic (exact) mass is 475 g/mol. The summed E-state index contributed by atoms with van der Waals surface area (Å²) in [6.07, 6.45) is 4.80. The van der Waals surface area contributed by atoms with Gasteiger partial charge < -0.3 is 14.4 Å². The molecular formula is C25H29N7O3. The molecule has 1 amide bonds. The van der Waals surface area contributed by atoms with E-state index in [1.807, 2.05) is 80.2 Å². The van der Waals surface area contributed by atoms with E-state index in [4.69, 9.17) is 9.47 Å². The molecule has 0 saturated carbocycles. The van der Waals surface area contributed by atoms with E-state index in [0.717, 1.165) is 28.3 Å². The molecule has 0 bridgehead atoms. The van der Waals surface area contributed by atoms with Gasteiger partial charge in [0.2, 0.25) is 5.88 Å². The molecule has 0 radical (unpaired) electrons. The lowest BCUT2D eigenvalue weighted by atomic mass is 10.1. The molecule has 1 aliphatic heterocycles. The van der Waals surface area contributed by atoms with Gasteiger partial charge in [0.15, 0.2) is 0 Å². The van der Waals surface area contributed by atoms with Crippen LogP contribution in [-0.2, 0) is 4.74 Å². The highest BCUT2D eigenvalue weighted by Gasteiger charge is 2.36. The van der Waals surface area contributed by atoms with E-state index in [1.165, 1.54) is 0 Å². The summed E-state index contributed by atoms with van der Waals surface area (Å²) < 4.78 is 15.5. The summed E-state index contributed by atoms with van der Waals surface area (Å²) in [5.41, 5.74) is 3.60. The van der Waals surface area contributed by atoms with E-state index in [0.29, 0.717) is 19.0 Å². The van der Waals surface area contributed by atoms with Crippen LogP contribution in [0.3, 0.4) is 0 Å². The summed E-state index contributed by atoms with van der Waals surface area (Å²) in [5, 5.41) is 8.86. The molecule has 4 aromatic heterocycles. The van der Waals surface area contributed by atoms with Crippen LogP contribution in [0.5, 0.6) is 5.88 Å². The van der Waals surface area contributed by atoms with Gasteiger partial charge in [0.1, 0.15) is 23.0 Å².